The average Bonchev–Trinajstić information content (AvgIpc) is 2.53. The minimum Gasteiger partial charge on any atom is -0.383 e. The number of non-ortho nitro benzene ring substituents is 1. The van der Waals surface area contributed by atoms with Crippen molar-refractivity contribution in [1.82, 2.24) is 0 Å². The minimum atomic E-state index is -0.503. The Morgan fingerprint density at radius 1 is 1.29 bits per heavy atom. The SMILES string of the molecule is C[C@@H](CNc1ccc([N+](=O)[O-])cc1C#N)c1ccccc1. The van der Waals surface area contributed by atoms with Crippen molar-refractivity contribution in [2.45, 2.75) is 12.8 Å². The third-order valence-corrected chi connectivity index (χ3v) is 3.30. The van der Waals surface area contributed by atoms with E-state index >= 15 is 0 Å². The number of nitrogens with zero attached hydrogens (tertiary/aromatic N) is 2. The van der Waals surface area contributed by atoms with Gasteiger partial charge in [-0.1, -0.05) is 37.3 Å². The lowest BCUT2D eigenvalue weighted by molar-refractivity contribution is -0.384. The van der Waals surface area contributed by atoms with Crippen molar-refractivity contribution in [2.24, 2.45) is 0 Å². The molecule has 2 aromatic rings. The van der Waals surface area contributed by atoms with E-state index in [9.17, 15) is 10.1 Å². The van der Waals surface area contributed by atoms with E-state index in [-0.39, 0.29) is 17.2 Å². The maximum absolute atomic E-state index is 10.7. The Labute approximate surface area is 123 Å². The molecule has 2 aromatic carbocycles. The molecule has 1 N–H and O–H groups in total. The van der Waals surface area contributed by atoms with Crippen LogP contribution in [0.2, 0.25) is 0 Å². The first-order chi connectivity index (χ1) is 10.1. The molecule has 0 aliphatic heterocycles. The first kappa shape index (κ1) is 14.5. The van der Waals surface area contributed by atoms with Crippen LogP contribution in [0.4, 0.5) is 11.4 Å². The summed E-state index contributed by atoms with van der Waals surface area (Å²) >= 11 is 0. The molecule has 106 valence electrons. The van der Waals surface area contributed by atoms with Gasteiger partial charge in [-0.05, 0) is 17.5 Å². The second-order valence-electron chi connectivity index (χ2n) is 4.79. The normalized spacial score (nSPS) is 11.4. The van der Waals surface area contributed by atoms with Crippen molar-refractivity contribution in [3.05, 3.63) is 69.8 Å². The quantitative estimate of drug-likeness (QED) is 0.669. The molecule has 0 saturated carbocycles. The van der Waals surface area contributed by atoms with Crippen LogP contribution in [0.25, 0.3) is 0 Å². The summed E-state index contributed by atoms with van der Waals surface area (Å²) in [6.45, 7) is 2.73. The molecule has 0 heterocycles. The van der Waals surface area contributed by atoms with Gasteiger partial charge in [0.25, 0.3) is 5.69 Å². The van der Waals surface area contributed by atoms with Crippen LogP contribution in [0, 0.1) is 21.4 Å². The van der Waals surface area contributed by atoms with Crippen LogP contribution >= 0.6 is 0 Å². The summed E-state index contributed by atoms with van der Waals surface area (Å²) < 4.78 is 0. The van der Waals surface area contributed by atoms with E-state index in [1.807, 2.05) is 36.4 Å². The highest BCUT2D eigenvalue weighted by molar-refractivity contribution is 5.61. The van der Waals surface area contributed by atoms with E-state index < -0.39 is 4.92 Å². The predicted molar refractivity (Wildman–Crippen MR) is 81.2 cm³/mol. The summed E-state index contributed by atoms with van der Waals surface area (Å²) in [5, 5.41) is 23.0. The molecule has 0 unspecified atom stereocenters. The molecule has 0 amide bonds. The molecule has 5 heteroatoms. The lowest BCUT2D eigenvalue weighted by Crippen LogP contribution is -2.10. The number of nitrogens with one attached hydrogen (secondary N) is 1. The number of hydrogen-bond acceptors (Lipinski definition) is 4. The number of hydrogen-bond donors (Lipinski definition) is 1. The van der Waals surface area contributed by atoms with Gasteiger partial charge in [-0.2, -0.15) is 5.26 Å². The van der Waals surface area contributed by atoms with E-state index in [2.05, 4.69) is 12.2 Å². The summed E-state index contributed by atoms with van der Waals surface area (Å²) in [7, 11) is 0. The Bertz CT molecular complexity index is 678. The highest BCUT2D eigenvalue weighted by Crippen LogP contribution is 2.23. The molecule has 0 saturated heterocycles. The minimum absolute atomic E-state index is 0.0757. The highest BCUT2D eigenvalue weighted by atomic mass is 16.6. The molecule has 5 nitrogen and oxygen atoms in total. The molecular weight excluding hydrogens is 266 g/mol. The van der Waals surface area contributed by atoms with Crippen LogP contribution in [0.5, 0.6) is 0 Å². The van der Waals surface area contributed by atoms with Crippen LogP contribution in [0.1, 0.15) is 24.0 Å². The van der Waals surface area contributed by atoms with E-state index in [1.165, 1.54) is 17.7 Å². The molecular formula is C16H15N3O2. The molecule has 0 radical (unpaired) electrons. The lowest BCUT2D eigenvalue weighted by atomic mass is 10.0. The van der Waals surface area contributed by atoms with E-state index in [4.69, 9.17) is 5.26 Å². The van der Waals surface area contributed by atoms with Gasteiger partial charge in [0.1, 0.15) is 6.07 Å². The standard InChI is InChI=1S/C16H15N3O2/c1-12(13-5-3-2-4-6-13)11-18-16-8-7-15(19(20)21)9-14(16)10-17/h2-9,12,18H,11H2,1H3/t12-/m0/s1. The molecule has 0 bridgehead atoms. The summed E-state index contributed by atoms with van der Waals surface area (Å²) in [5.41, 5.74) is 2.02. The van der Waals surface area contributed by atoms with Gasteiger partial charge >= 0.3 is 0 Å². The van der Waals surface area contributed by atoms with Crippen molar-refractivity contribution < 1.29 is 4.92 Å². The molecule has 0 aromatic heterocycles. The lowest BCUT2D eigenvalue weighted by Gasteiger charge is -2.14. The smallest absolute Gasteiger partial charge is 0.270 e. The van der Waals surface area contributed by atoms with Crippen molar-refractivity contribution >= 4 is 11.4 Å². The van der Waals surface area contributed by atoms with E-state index in [0.717, 1.165) is 0 Å². The zero-order valence-electron chi connectivity index (χ0n) is 11.6. The number of nitriles is 1. The van der Waals surface area contributed by atoms with E-state index in [1.54, 1.807) is 6.07 Å². The molecule has 0 spiro atoms. The van der Waals surface area contributed by atoms with Gasteiger partial charge in [0.15, 0.2) is 0 Å². The number of benzene rings is 2. The van der Waals surface area contributed by atoms with Crippen LogP contribution in [0.15, 0.2) is 48.5 Å². The van der Waals surface area contributed by atoms with Crippen LogP contribution in [0.3, 0.4) is 0 Å². The largest absolute Gasteiger partial charge is 0.383 e. The van der Waals surface area contributed by atoms with Gasteiger partial charge in [-0.25, -0.2) is 0 Å². The molecule has 21 heavy (non-hydrogen) atoms. The maximum Gasteiger partial charge on any atom is 0.270 e. The van der Waals surface area contributed by atoms with Crippen molar-refractivity contribution in [3.8, 4) is 6.07 Å². The molecule has 0 aliphatic rings. The Morgan fingerprint density at radius 3 is 2.62 bits per heavy atom. The highest BCUT2D eigenvalue weighted by Gasteiger charge is 2.11. The van der Waals surface area contributed by atoms with Crippen molar-refractivity contribution in [3.63, 3.8) is 0 Å². The van der Waals surface area contributed by atoms with Gasteiger partial charge in [-0.3, -0.25) is 10.1 Å². The predicted octanol–water partition coefficient (Wildman–Crippen LogP) is 3.68. The van der Waals surface area contributed by atoms with Crippen molar-refractivity contribution in [2.75, 3.05) is 11.9 Å². The third kappa shape index (κ3) is 3.57. The van der Waals surface area contributed by atoms with Gasteiger partial charge in [0.2, 0.25) is 0 Å². The van der Waals surface area contributed by atoms with Gasteiger partial charge in [0.05, 0.1) is 16.2 Å². The molecule has 0 fully saturated rings. The average molecular weight is 281 g/mol. The van der Waals surface area contributed by atoms with E-state index in [0.29, 0.717) is 12.2 Å². The van der Waals surface area contributed by atoms with Crippen LogP contribution in [-0.4, -0.2) is 11.5 Å². The maximum atomic E-state index is 10.7. The fraction of sp³-hybridized carbons (Fsp3) is 0.188. The Morgan fingerprint density at radius 2 is 2.00 bits per heavy atom. The fourth-order valence-corrected chi connectivity index (χ4v) is 2.05. The third-order valence-electron chi connectivity index (χ3n) is 3.30. The Balaban J connectivity index is 2.10. The van der Waals surface area contributed by atoms with Gasteiger partial charge < -0.3 is 5.32 Å². The number of anilines is 1. The Hall–Kier alpha value is -2.87. The second kappa shape index (κ2) is 6.53. The first-order valence-electron chi connectivity index (χ1n) is 6.59. The number of nitro benzene ring substituents is 1. The fourth-order valence-electron chi connectivity index (χ4n) is 2.05. The summed E-state index contributed by atoms with van der Waals surface area (Å²) in [5.74, 6) is 0.271. The van der Waals surface area contributed by atoms with Crippen LogP contribution < -0.4 is 5.32 Å². The first-order valence-corrected chi connectivity index (χ1v) is 6.59. The molecule has 1 atom stereocenters. The number of nitro groups is 1. The second-order valence-corrected chi connectivity index (χ2v) is 4.79. The van der Waals surface area contributed by atoms with Gasteiger partial charge in [0, 0.05) is 18.7 Å². The van der Waals surface area contributed by atoms with Crippen molar-refractivity contribution in [1.29, 1.82) is 5.26 Å². The van der Waals surface area contributed by atoms with Crippen LogP contribution in [-0.2, 0) is 0 Å². The number of rotatable bonds is 5. The summed E-state index contributed by atoms with van der Waals surface area (Å²) in [6.07, 6.45) is 0. The molecule has 0 aliphatic carbocycles. The topological polar surface area (TPSA) is 79.0 Å². The van der Waals surface area contributed by atoms with Gasteiger partial charge in [-0.15, -0.1) is 0 Å². The molecule has 2 rings (SSSR count). The summed E-state index contributed by atoms with van der Waals surface area (Å²) in [4.78, 5) is 10.2. The zero-order valence-corrected chi connectivity index (χ0v) is 11.6. The zero-order chi connectivity index (χ0) is 15.2. The Kier molecular flexibility index (Phi) is 4.52. The summed E-state index contributed by atoms with van der Waals surface area (Å²) in [6, 6.07) is 16.3. The monoisotopic (exact) mass is 281 g/mol.